The van der Waals surface area contributed by atoms with E-state index < -0.39 is 0 Å². The molecule has 1 rings (SSSR count). The lowest BCUT2D eigenvalue weighted by molar-refractivity contribution is 0.199. The van der Waals surface area contributed by atoms with Crippen LogP contribution in [0, 0.1) is 5.41 Å². The first-order chi connectivity index (χ1) is 9.42. The van der Waals surface area contributed by atoms with Gasteiger partial charge in [0.15, 0.2) is 0 Å². The molecule has 1 aromatic rings. The van der Waals surface area contributed by atoms with Gasteiger partial charge < -0.3 is 14.8 Å². The lowest BCUT2D eigenvalue weighted by atomic mass is 9.93. The third-order valence-electron chi connectivity index (χ3n) is 2.94. The predicted molar refractivity (Wildman–Crippen MR) is 87.3 cm³/mol. The van der Waals surface area contributed by atoms with Crippen molar-refractivity contribution in [1.82, 2.24) is 5.32 Å². The quantitative estimate of drug-likeness (QED) is 0.723. The summed E-state index contributed by atoms with van der Waals surface area (Å²) in [5.41, 5.74) is 1.51. The van der Waals surface area contributed by atoms with Gasteiger partial charge in [0.1, 0.15) is 5.75 Å². The largest absolute Gasteiger partial charge is 0.494 e. The summed E-state index contributed by atoms with van der Waals surface area (Å²) in [4.78, 5) is 0. The number of halogens is 1. The molecule has 0 heterocycles. The van der Waals surface area contributed by atoms with E-state index >= 15 is 0 Å². The molecule has 0 saturated carbocycles. The van der Waals surface area contributed by atoms with Crippen molar-refractivity contribution >= 4 is 15.9 Å². The molecule has 20 heavy (non-hydrogen) atoms. The number of hydrogen-bond acceptors (Lipinski definition) is 3. The van der Waals surface area contributed by atoms with Crippen molar-refractivity contribution in [3.8, 4) is 5.75 Å². The molecule has 0 saturated heterocycles. The molecule has 0 amide bonds. The summed E-state index contributed by atoms with van der Waals surface area (Å²) in [6, 6.07) is 6.14. The van der Waals surface area contributed by atoms with E-state index in [-0.39, 0.29) is 0 Å². The van der Waals surface area contributed by atoms with Crippen LogP contribution in [0.1, 0.15) is 32.8 Å². The molecule has 0 radical (unpaired) electrons. The lowest BCUT2D eigenvalue weighted by Crippen LogP contribution is -2.18. The second-order valence-corrected chi connectivity index (χ2v) is 6.94. The first-order valence-electron chi connectivity index (χ1n) is 7.03. The fourth-order valence-electron chi connectivity index (χ4n) is 1.65. The van der Waals surface area contributed by atoms with E-state index in [4.69, 9.17) is 9.47 Å². The Kier molecular flexibility index (Phi) is 7.56. The Balaban J connectivity index is 2.48. The number of hydrogen-bond donors (Lipinski definition) is 1. The van der Waals surface area contributed by atoms with Crippen LogP contribution >= 0.6 is 15.9 Å². The van der Waals surface area contributed by atoms with E-state index in [1.54, 1.807) is 7.11 Å². The molecule has 0 aliphatic rings. The van der Waals surface area contributed by atoms with Crippen molar-refractivity contribution in [2.75, 3.05) is 26.9 Å². The Morgan fingerprint density at radius 1 is 1.20 bits per heavy atom. The Hall–Kier alpha value is -0.580. The minimum absolute atomic E-state index is 0.305. The third kappa shape index (κ3) is 7.27. The van der Waals surface area contributed by atoms with Gasteiger partial charge in [0.2, 0.25) is 0 Å². The minimum atomic E-state index is 0.305. The second-order valence-electron chi connectivity index (χ2n) is 6.08. The van der Waals surface area contributed by atoms with Gasteiger partial charge in [0.25, 0.3) is 0 Å². The number of rotatable bonds is 8. The Labute approximate surface area is 131 Å². The smallest absolute Gasteiger partial charge is 0.119 e. The lowest BCUT2D eigenvalue weighted by Gasteiger charge is -2.18. The zero-order chi connectivity index (χ0) is 15.0. The van der Waals surface area contributed by atoms with Crippen molar-refractivity contribution in [3.63, 3.8) is 0 Å². The first kappa shape index (κ1) is 17.5. The van der Waals surface area contributed by atoms with E-state index in [0.29, 0.717) is 5.41 Å². The molecule has 0 spiro atoms. The highest BCUT2D eigenvalue weighted by atomic mass is 79.9. The van der Waals surface area contributed by atoms with Crippen molar-refractivity contribution in [3.05, 3.63) is 28.2 Å². The average molecular weight is 344 g/mol. The predicted octanol–water partition coefficient (Wildman–Crippen LogP) is 4.00. The van der Waals surface area contributed by atoms with Gasteiger partial charge in [-0.15, -0.1) is 0 Å². The van der Waals surface area contributed by atoms with Gasteiger partial charge in [-0.25, -0.2) is 0 Å². The molecule has 0 bridgehead atoms. The van der Waals surface area contributed by atoms with Crippen LogP contribution in [0.25, 0.3) is 0 Å². The number of ether oxygens (including phenoxy) is 2. The molecule has 4 heteroatoms. The Bertz CT molecular complexity index is 402. The van der Waals surface area contributed by atoms with Gasteiger partial charge in [0.05, 0.1) is 13.2 Å². The van der Waals surface area contributed by atoms with Gasteiger partial charge >= 0.3 is 0 Å². The van der Waals surface area contributed by atoms with E-state index in [0.717, 1.165) is 42.9 Å². The van der Waals surface area contributed by atoms with Crippen LogP contribution in [0.15, 0.2) is 22.7 Å². The molecule has 0 atom stereocenters. The van der Waals surface area contributed by atoms with E-state index in [1.807, 2.05) is 12.1 Å². The summed E-state index contributed by atoms with van der Waals surface area (Å²) < 4.78 is 12.0. The first-order valence-corrected chi connectivity index (χ1v) is 7.82. The van der Waals surface area contributed by atoms with Gasteiger partial charge in [-0.3, -0.25) is 0 Å². The standard InChI is InChI=1S/C16H26BrNO2/c1-16(2,3)7-9-20-14-5-6-15(17)13(11-14)12-18-8-10-19-4/h5-6,11,18H,7-10,12H2,1-4H3. The zero-order valence-electron chi connectivity index (χ0n) is 13.0. The van der Waals surface area contributed by atoms with Crippen LogP contribution in [0.2, 0.25) is 0 Å². The summed E-state index contributed by atoms with van der Waals surface area (Å²) in [5.74, 6) is 0.931. The molecule has 0 unspecified atom stereocenters. The van der Waals surface area contributed by atoms with Crippen molar-refractivity contribution in [2.45, 2.75) is 33.7 Å². The summed E-state index contributed by atoms with van der Waals surface area (Å²) >= 11 is 3.57. The van der Waals surface area contributed by atoms with Gasteiger partial charge in [-0.05, 0) is 35.6 Å². The highest BCUT2D eigenvalue weighted by Crippen LogP contribution is 2.24. The van der Waals surface area contributed by atoms with Crippen molar-refractivity contribution < 1.29 is 9.47 Å². The highest BCUT2D eigenvalue weighted by molar-refractivity contribution is 9.10. The maximum Gasteiger partial charge on any atom is 0.119 e. The van der Waals surface area contributed by atoms with Crippen LogP contribution in [-0.4, -0.2) is 26.9 Å². The minimum Gasteiger partial charge on any atom is -0.494 e. The maximum atomic E-state index is 5.83. The number of nitrogens with one attached hydrogen (secondary N) is 1. The molecule has 0 aromatic heterocycles. The molecule has 3 nitrogen and oxygen atoms in total. The fraction of sp³-hybridized carbons (Fsp3) is 0.625. The molecule has 0 aliphatic carbocycles. The van der Waals surface area contributed by atoms with E-state index in [1.165, 1.54) is 5.56 Å². The fourth-order valence-corrected chi connectivity index (χ4v) is 2.04. The molecule has 1 N–H and O–H groups in total. The summed E-state index contributed by atoms with van der Waals surface area (Å²) in [7, 11) is 1.71. The van der Waals surface area contributed by atoms with Gasteiger partial charge in [-0.2, -0.15) is 0 Å². The summed E-state index contributed by atoms with van der Waals surface area (Å²) in [6.07, 6.45) is 1.05. The number of benzene rings is 1. The topological polar surface area (TPSA) is 30.5 Å². The van der Waals surface area contributed by atoms with Crippen molar-refractivity contribution in [1.29, 1.82) is 0 Å². The molecule has 0 fully saturated rings. The van der Waals surface area contributed by atoms with Crippen LogP contribution < -0.4 is 10.1 Å². The molecular formula is C16H26BrNO2. The zero-order valence-corrected chi connectivity index (χ0v) is 14.5. The molecular weight excluding hydrogens is 318 g/mol. The molecule has 0 aliphatic heterocycles. The van der Waals surface area contributed by atoms with Gasteiger partial charge in [-0.1, -0.05) is 36.7 Å². The van der Waals surface area contributed by atoms with E-state index in [2.05, 4.69) is 48.1 Å². The number of methoxy groups -OCH3 is 1. The summed E-state index contributed by atoms with van der Waals surface area (Å²) in [6.45, 7) is 9.80. The van der Waals surface area contributed by atoms with Crippen LogP contribution in [-0.2, 0) is 11.3 Å². The van der Waals surface area contributed by atoms with Gasteiger partial charge in [0, 0.05) is 24.7 Å². The average Bonchev–Trinajstić information content (AvgIpc) is 2.36. The summed E-state index contributed by atoms with van der Waals surface area (Å²) in [5, 5.41) is 3.34. The third-order valence-corrected chi connectivity index (χ3v) is 3.71. The van der Waals surface area contributed by atoms with Crippen LogP contribution in [0.3, 0.4) is 0 Å². The monoisotopic (exact) mass is 343 g/mol. The van der Waals surface area contributed by atoms with E-state index in [9.17, 15) is 0 Å². The maximum absolute atomic E-state index is 5.83. The molecule has 114 valence electrons. The Morgan fingerprint density at radius 2 is 1.95 bits per heavy atom. The normalized spacial score (nSPS) is 11.7. The second kappa shape index (κ2) is 8.65. The van der Waals surface area contributed by atoms with Crippen molar-refractivity contribution in [2.24, 2.45) is 5.41 Å². The SMILES string of the molecule is COCCNCc1cc(OCCC(C)(C)C)ccc1Br. The highest BCUT2D eigenvalue weighted by Gasteiger charge is 2.10. The van der Waals surface area contributed by atoms with Crippen LogP contribution in [0.5, 0.6) is 5.75 Å². The van der Waals surface area contributed by atoms with Crippen LogP contribution in [0.4, 0.5) is 0 Å². The molecule has 1 aromatic carbocycles. The Morgan fingerprint density at radius 3 is 2.60 bits per heavy atom.